The minimum atomic E-state index is 0.251. The number of aromatic hydroxyl groups is 1. The molecule has 0 saturated carbocycles. The Balaban J connectivity index is 1.43. The second-order valence-electron chi connectivity index (χ2n) is 6.12. The molecule has 1 aromatic heterocycles. The molecule has 1 amide bonds. The van der Waals surface area contributed by atoms with Crippen molar-refractivity contribution in [2.45, 2.75) is 38.1 Å². The largest absolute Gasteiger partial charge is 0.508 e. The van der Waals surface area contributed by atoms with E-state index in [9.17, 15) is 9.90 Å². The normalized spacial score (nSPS) is 15.7. The summed E-state index contributed by atoms with van der Waals surface area (Å²) in [5.74, 6) is 1.04. The summed E-state index contributed by atoms with van der Waals surface area (Å²) in [5, 5.41) is 13.5. The predicted octanol–water partition coefficient (Wildman–Crippen LogP) is 2.78. The minimum Gasteiger partial charge on any atom is -0.508 e. The van der Waals surface area contributed by atoms with Crippen molar-refractivity contribution in [3.8, 4) is 5.75 Å². The first-order chi connectivity index (χ1) is 11.2. The van der Waals surface area contributed by atoms with Crippen molar-refractivity contribution >= 4 is 5.91 Å². The number of aromatic nitrogens is 2. The Morgan fingerprint density at radius 3 is 2.61 bits per heavy atom. The summed E-state index contributed by atoms with van der Waals surface area (Å²) >= 11 is 0. The fraction of sp³-hybridized carbons (Fsp3) is 0.444. The number of phenols is 1. The smallest absolute Gasteiger partial charge is 0.222 e. The SMILES string of the molecule is O=C(CCCn1cccn1)N1CCC(c2ccc(O)cc2)CC1. The van der Waals surface area contributed by atoms with Crippen molar-refractivity contribution in [1.29, 1.82) is 0 Å². The van der Waals surface area contributed by atoms with E-state index in [0.29, 0.717) is 18.1 Å². The summed E-state index contributed by atoms with van der Waals surface area (Å²) in [6.45, 7) is 2.45. The molecule has 1 saturated heterocycles. The van der Waals surface area contributed by atoms with Gasteiger partial charge in [0.1, 0.15) is 5.75 Å². The van der Waals surface area contributed by atoms with Crippen LogP contribution in [0.3, 0.4) is 0 Å². The quantitative estimate of drug-likeness (QED) is 0.923. The Morgan fingerprint density at radius 1 is 1.22 bits per heavy atom. The summed E-state index contributed by atoms with van der Waals surface area (Å²) in [5.41, 5.74) is 1.26. The lowest BCUT2D eigenvalue weighted by Gasteiger charge is -2.32. The summed E-state index contributed by atoms with van der Waals surface area (Å²) < 4.78 is 1.87. The zero-order valence-corrected chi connectivity index (χ0v) is 13.3. The first kappa shape index (κ1) is 15.6. The highest BCUT2D eigenvalue weighted by molar-refractivity contribution is 5.76. The first-order valence-electron chi connectivity index (χ1n) is 8.26. The summed E-state index contributed by atoms with van der Waals surface area (Å²) in [6.07, 6.45) is 7.09. The van der Waals surface area contributed by atoms with Gasteiger partial charge in [-0.2, -0.15) is 5.10 Å². The van der Waals surface area contributed by atoms with Gasteiger partial charge in [0, 0.05) is 38.4 Å². The van der Waals surface area contributed by atoms with Crippen molar-refractivity contribution in [2.24, 2.45) is 0 Å². The van der Waals surface area contributed by atoms with Crippen LogP contribution in [0.1, 0.15) is 37.2 Å². The van der Waals surface area contributed by atoms with Gasteiger partial charge >= 0.3 is 0 Å². The molecule has 1 fully saturated rings. The molecule has 0 aliphatic carbocycles. The number of nitrogens with zero attached hydrogens (tertiary/aromatic N) is 3. The molecule has 0 bridgehead atoms. The van der Waals surface area contributed by atoms with Crippen LogP contribution >= 0.6 is 0 Å². The van der Waals surface area contributed by atoms with Crippen LogP contribution in [-0.2, 0) is 11.3 Å². The number of benzene rings is 1. The van der Waals surface area contributed by atoms with Crippen LogP contribution < -0.4 is 0 Å². The van der Waals surface area contributed by atoms with E-state index in [-0.39, 0.29) is 5.91 Å². The fourth-order valence-electron chi connectivity index (χ4n) is 3.19. The number of amides is 1. The number of likely N-dealkylation sites (tertiary alicyclic amines) is 1. The number of carbonyl (C=O) groups excluding carboxylic acids is 1. The highest BCUT2D eigenvalue weighted by Crippen LogP contribution is 2.29. The van der Waals surface area contributed by atoms with Gasteiger partial charge in [-0.1, -0.05) is 12.1 Å². The lowest BCUT2D eigenvalue weighted by Crippen LogP contribution is -2.37. The average Bonchev–Trinajstić information content (AvgIpc) is 3.09. The first-order valence-corrected chi connectivity index (χ1v) is 8.26. The molecule has 2 heterocycles. The van der Waals surface area contributed by atoms with E-state index in [1.54, 1.807) is 18.3 Å². The van der Waals surface area contributed by atoms with E-state index >= 15 is 0 Å². The van der Waals surface area contributed by atoms with Gasteiger partial charge in [-0.25, -0.2) is 0 Å². The van der Waals surface area contributed by atoms with Crippen LogP contribution in [0.2, 0.25) is 0 Å². The number of aryl methyl sites for hydroxylation is 1. The van der Waals surface area contributed by atoms with Crippen LogP contribution in [0.25, 0.3) is 0 Å². The molecule has 2 aromatic rings. The highest BCUT2D eigenvalue weighted by atomic mass is 16.3. The fourth-order valence-corrected chi connectivity index (χ4v) is 3.19. The Hall–Kier alpha value is -2.30. The predicted molar refractivity (Wildman–Crippen MR) is 88.1 cm³/mol. The van der Waals surface area contributed by atoms with Gasteiger partial charge in [0.15, 0.2) is 0 Å². The van der Waals surface area contributed by atoms with E-state index in [0.717, 1.165) is 38.9 Å². The van der Waals surface area contributed by atoms with Crippen molar-refractivity contribution in [3.05, 3.63) is 48.3 Å². The van der Waals surface area contributed by atoms with Crippen molar-refractivity contribution < 1.29 is 9.90 Å². The third-order valence-corrected chi connectivity index (χ3v) is 4.55. The number of carbonyl (C=O) groups is 1. The van der Waals surface area contributed by atoms with Crippen molar-refractivity contribution in [2.75, 3.05) is 13.1 Å². The zero-order chi connectivity index (χ0) is 16.1. The molecule has 5 nitrogen and oxygen atoms in total. The molecule has 1 aliphatic rings. The van der Waals surface area contributed by atoms with Gasteiger partial charge in [0.2, 0.25) is 5.91 Å². The van der Waals surface area contributed by atoms with Gasteiger partial charge in [-0.05, 0) is 48.9 Å². The third kappa shape index (κ3) is 4.12. The second-order valence-corrected chi connectivity index (χ2v) is 6.12. The van der Waals surface area contributed by atoms with Crippen LogP contribution in [0.5, 0.6) is 5.75 Å². The molecule has 0 atom stereocenters. The van der Waals surface area contributed by atoms with Gasteiger partial charge in [-0.15, -0.1) is 0 Å². The number of hydrogen-bond donors (Lipinski definition) is 1. The summed E-state index contributed by atoms with van der Waals surface area (Å²) in [6, 6.07) is 9.35. The molecule has 3 rings (SSSR count). The number of hydrogen-bond acceptors (Lipinski definition) is 3. The van der Waals surface area contributed by atoms with E-state index < -0.39 is 0 Å². The molecule has 23 heavy (non-hydrogen) atoms. The van der Waals surface area contributed by atoms with E-state index in [4.69, 9.17) is 0 Å². The topological polar surface area (TPSA) is 58.4 Å². The standard InChI is InChI=1S/C18H23N3O2/c22-17-6-4-15(5-7-17)16-8-13-20(14-9-16)18(23)3-1-11-21-12-2-10-19-21/h2,4-7,10,12,16,22H,1,3,8-9,11,13-14H2. The van der Waals surface area contributed by atoms with Gasteiger partial charge < -0.3 is 10.0 Å². The third-order valence-electron chi connectivity index (χ3n) is 4.55. The lowest BCUT2D eigenvalue weighted by molar-refractivity contribution is -0.132. The summed E-state index contributed by atoms with van der Waals surface area (Å²) in [7, 11) is 0. The number of piperidine rings is 1. The van der Waals surface area contributed by atoms with Crippen LogP contribution in [0, 0.1) is 0 Å². The van der Waals surface area contributed by atoms with E-state index in [1.165, 1.54) is 5.56 Å². The Labute approximate surface area is 136 Å². The lowest BCUT2D eigenvalue weighted by atomic mass is 9.89. The molecule has 1 aliphatic heterocycles. The van der Waals surface area contributed by atoms with Crippen LogP contribution in [-0.4, -0.2) is 38.8 Å². The second kappa shape index (κ2) is 7.31. The highest BCUT2D eigenvalue weighted by Gasteiger charge is 2.23. The maximum Gasteiger partial charge on any atom is 0.222 e. The maximum atomic E-state index is 12.3. The van der Waals surface area contributed by atoms with Crippen molar-refractivity contribution in [1.82, 2.24) is 14.7 Å². The minimum absolute atomic E-state index is 0.251. The molecular weight excluding hydrogens is 290 g/mol. The van der Waals surface area contributed by atoms with Gasteiger partial charge in [0.05, 0.1) is 0 Å². The monoisotopic (exact) mass is 313 g/mol. The van der Waals surface area contributed by atoms with Crippen LogP contribution in [0.15, 0.2) is 42.7 Å². The number of rotatable bonds is 5. The molecule has 5 heteroatoms. The molecule has 1 N–H and O–H groups in total. The Bertz CT molecular complexity index is 614. The molecular formula is C18H23N3O2. The number of phenolic OH excluding ortho intramolecular Hbond substituents is 1. The Morgan fingerprint density at radius 2 is 1.96 bits per heavy atom. The van der Waals surface area contributed by atoms with Crippen LogP contribution in [0.4, 0.5) is 0 Å². The average molecular weight is 313 g/mol. The van der Waals surface area contributed by atoms with Gasteiger partial charge in [0.25, 0.3) is 0 Å². The molecule has 122 valence electrons. The maximum absolute atomic E-state index is 12.3. The van der Waals surface area contributed by atoms with Crippen molar-refractivity contribution in [3.63, 3.8) is 0 Å². The van der Waals surface area contributed by atoms with E-state index in [1.807, 2.05) is 34.0 Å². The molecule has 0 spiro atoms. The molecule has 1 aromatic carbocycles. The zero-order valence-electron chi connectivity index (χ0n) is 13.3. The Kier molecular flexibility index (Phi) is 4.95. The van der Waals surface area contributed by atoms with E-state index in [2.05, 4.69) is 5.10 Å². The van der Waals surface area contributed by atoms with Gasteiger partial charge in [-0.3, -0.25) is 9.48 Å². The molecule has 0 unspecified atom stereocenters. The molecule has 0 radical (unpaired) electrons. The summed E-state index contributed by atoms with van der Waals surface area (Å²) in [4.78, 5) is 14.3.